The quantitative estimate of drug-likeness (QED) is 0.896. The van der Waals surface area contributed by atoms with Gasteiger partial charge >= 0.3 is 5.97 Å². The van der Waals surface area contributed by atoms with Crippen LogP contribution in [0.2, 0.25) is 0 Å². The van der Waals surface area contributed by atoms with Gasteiger partial charge in [0.05, 0.1) is 11.3 Å². The number of carboxylic acid groups (broad SMARTS) is 1. The fourth-order valence-corrected chi connectivity index (χ4v) is 2.66. The van der Waals surface area contributed by atoms with Gasteiger partial charge in [0.15, 0.2) is 0 Å². The summed E-state index contributed by atoms with van der Waals surface area (Å²) in [6.45, 7) is 8.43. The van der Waals surface area contributed by atoms with Crippen LogP contribution in [0.5, 0.6) is 0 Å². The number of hydrogen-bond acceptors (Lipinski definition) is 2. The predicted octanol–water partition coefficient (Wildman–Crippen LogP) is 3.83. The summed E-state index contributed by atoms with van der Waals surface area (Å²) < 4.78 is 0. The van der Waals surface area contributed by atoms with E-state index in [-0.39, 0.29) is 0 Å². The molecule has 1 N–H and O–H groups in total. The summed E-state index contributed by atoms with van der Waals surface area (Å²) in [6, 6.07) is 5.85. The average molecular weight is 259 g/mol. The van der Waals surface area contributed by atoms with Gasteiger partial charge in [0.1, 0.15) is 0 Å². The molecule has 0 aliphatic carbocycles. The second kappa shape index (κ2) is 5.08. The Labute approximate surface area is 114 Å². The van der Waals surface area contributed by atoms with Crippen LogP contribution in [0.3, 0.4) is 0 Å². The number of hydrogen-bond donors (Lipinski definition) is 1. The second-order valence-corrected chi connectivity index (χ2v) is 5.56. The molecule has 102 valence electrons. The summed E-state index contributed by atoms with van der Waals surface area (Å²) in [4.78, 5) is 13.6. The summed E-state index contributed by atoms with van der Waals surface area (Å²) in [5.41, 5.74) is 3.51. The number of aromatic carboxylic acids is 1. The zero-order chi connectivity index (χ0) is 14.2. The van der Waals surface area contributed by atoms with Gasteiger partial charge in [0, 0.05) is 11.7 Å². The zero-order valence-electron chi connectivity index (χ0n) is 12.0. The monoisotopic (exact) mass is 259 g/mol. The molecule has 0 saturated heterocycles. The number of anilines is 1. The molecule has 19 heavy (non-hydrogen) atoms. The van der Waals surface area contributed by atoms with Crippen LogP contribution >= 0.6 is 0 Å². The molecule has 1 aliphatic heterocycles. The maximum absolute atomic E-state index is 11.4. The third kappa shape index (κ3) is 2.50. The van der Waals surface area contributed by atoms with Crippen molar-refractivity contribution in [3.8, 4) is 0 Å². The highest BCUT2D eigenvalue weighted by Gasteiger charge is 2.28. The molecule has 3 nitrogen and oxygen atoms in total. The Morgan fingerprint density at radius 2 is 2.11 bits per heavy atom. The lowest BCUT2D eigenvalue weighted by Gasteiger charge is -2.31. The van der Waals surface area contributed by atoms with Crippen LogP contribution in [0.1, 0.15) is 43.1 Å². The number of benzene rings is 1. The molecule has 3 heteroatoms. The van der Waals surface area contributed by atoms with Crippen molar-refractivity contribution < 1.29 is 9.90 Å². The van der Waals surface area contributed by atoms with E-state index in [0.717, 1.165) is 17.7 Å². The van der Waals surface area contributed by atoms with E-state index >= 15 is 0 Å². The van der Waals surface area contributed by atoms with Crippen molar-refractivity contribution in [2.45, 2.75) is 40.2 Å². The summed E-state index contributed by atoms with van der Waals surface area (Å²) in [6.07, 6.45) is 3.20. The Morgan fingerprint density at radius 1 is 1.42 bits per heavy atom. The van der Waals surface area contributed by atoms with E-state index in [1.165, 1.54) is 5.70 Å². The minimum absolute atomic E-state index is 0.317. The van der Waals surface area contributed by atoms with E-state index in [1.54, 1.807) is 6.07 Å². The van der Waals surface area contributed by atoms with Crippen molar-refractivity contribution in [2.75, 3.05) is 4.90 Å². The summed E-state index contributed by atoms with van der Waals surface area (Å²) >= 11 is 0. The smallest absolute Gasteiger partial charge is 0.337 e. The Bertz CT molecular complexity index is 532. The lowest BCUT2D eigenvalue weighted by molar-refractivity contribution is 0.0697. The van der Waals surface area contributed by atoms with Gasteiger partial charge in [-0.05, 0) is 43.9 Å². The third-order valence-electron chi connectivity index (χ3n) is 3.62. The van der Waals surface area contributed by atoms with Gasteiger partial charge in [-0.15, -0.1) is 0 Å². The van der Waals surface area contributed by atoms with Gasteiger partial charge in [-0.3, -0.25) is 0 Å². The van der Waals surface area contributed by atoms with Crippen LogP contribution in [0, 0.1) is 12.8 Å². The van der Waals surface area contributed by atoms with Gasteiger partial charge in [-0.25, -0.2) is 4.79 Å². The largest absolute Gasteiger partial charge is 0.478 e. The molecule has 1 atom stereocenters. The molecule has 1 heterocycles. The van der Waals surface area contributed by atoms with Crippen LogP contribution in [-0.2, 0) is 0 Å². The van der Waals surface area contributed by atoms with Crippen LogP contribution < -0.4 is 4.90 Å². The lowest BCUT2D eigenvalue weighted by Crippen LogP contribution is -2.30. The molecule has 0 bridgehead atoms. The van der Waals surface area contributed by atoms with E-state index in [1.807, 2.05) is 19.1 Å². The highest BCUT2D eigenvalue weighted by molar-refractivity contribution is 5.95. The Kier molecular flexibility index (Phi) is 3.65. The van der Waals surface area contributed by atoms with Gasteiger partial charge in [0.2, 0.25) is 0 Å². The number of carbonyl (C=O) groups is 1. The number of aryl methyl sites for hydroxylation is 1. The third-order valence-corrected chi connectivity index (χ3v) is 3.62. The van der Waals surface area contributed by atoms with Gasteiger partial charge in [0.25, 0.3) is 0 Å². The first-order valence-electron chi connectivity index (χ1n) is 6.75. The fourth-order valence-electron chi connectivity index (χ4n) is 2.66. The number of allylic oxidation sites excluding steroid dienone is 1. The maximum Gasteiger partial charge on any atom is 0.337 e. The van der Waals surface area contributed by atoms with E-state index < -0.39 is 5.97 Å². The lowest BCUT2D eigenvalue weighted by atomic mass is 10.0. The molecule has 1 unspecified atom stereocenters. The van der Waals surface area contributed by atoms with Crippen LogP contribution in [0.25, 0.3) is 0 Å². The Balaban J connectivity index is 2.53. The molecular formula is C16H21NO2. The molecule has 0 spiro atoms. The van der Waals surface area contributed by atoms with Crippen LogP contribution in [0.15, 0.2) is 30.0 Å². The summed E-state index contributed by atoms with van der Waals surface area (Å²) in [5, 5.41) is 9.38. The molecule has 0 saturated carbocycles. The first-order valence-corrected chi connectivity index (χ1v) is 6.75. The van der Waals surface area contributed by atoms with Crippen molar-refractivity contribution in [1.29, 1.82) is 0 Å². The Hall–Kier alpha value is -1.77. The van der Waals surface area contributed by atoms with E-state index in [2.05, 4.69) is 31.7 Å². The van der Waals surface area contributed by atoms with E-state index in [9.17, 15) is 9.90 Å². The molecule has 2 rings (SSSR count). The minimum Gasteiger partial charge on any atom is -0.478 e. The molecular weight excluding hydrogens is 238 g/mol. The number of carboxylic acids is 1. The normalized spacial score (nSPS) is 18.9. The van der Waals surface area contributed by atoms with Gasteiger partial charge in [-0.1, -0.05) is 26.0 Å². The second-order valence-electron chi connectivity index (χ2n) is 5.56. The fraction of sp³-hybridized carbons (Fsp3) is 0.438. The van der Waals surface area contributed by atoms with Crippen molar-refractivity contribution in [3.63, 3.8) is 0 Å². The number of rotatable bonds is 3. The topological polar surface area (TPSA) is 40.5 Å². The molecule has 1 aromatic carbocycles. The molecule has 0 fully saturated rings. The average Bonchev–Trinajstić information content (AvgIpc) is 2.70. The highest BCUT2D eigenvalue weighted by Crippen LogP contribution is 2.35. The predicted molar refractivity (Wildman–Crippen MR) is 77.6 cm³/mol. The SMILES string of the molecule is Cc1ccc(C(=O)O)c(N2C(C(C)C)=CCC2C)c1. The van der Waals surface area contributed by atoms with Crippen LogP contribution in [0.4, 0.5) is 5.69 Å². The molecule has 0 amide bonds. The van der Waals surface area contributed by atoms with E-state index in [4.69, 9.17) is 0 Å². The Morgan fingerprint density at radius 3 is 2.68 bits per heavy atom. The van der Waals surface area contributed by atoms with Crippen molar-refractivity contribution in [1.82, 2.24) is 0 Å². The van der Waals surface area contributed by atoms with Gasteiger partial charge in [-0.2, -0.15) is 0 Å². The highest BCUT2D eigenvalue weighted by atomic mass is 16.4. The molecule has 1 aromatic rings. The zero-order valence-corrected chi connectivity index (χ0v) is 12.0. The van der Waals surface area contributed by atoms with Crippen molar-refractivity contribution in [2.24, 2.45) is 5.92 Å². The molecule has 0 radical (unpaired) electrons. The van der Waals surface area contributed by atoms with Crippen molar-refractivity contribution >= 4 is 11.7 Å². The first kappa shape index (κ1) is 13.7. The van der Waals surface area contributed by atoms with Crippen LogP contribution in [-0.4, -0.2) is 17.1 Å². The summed E-state index contributed by atoms with van der Waals surface area (Å²) in [7, 11) is 0. The minimum atomic E-state index is -0.864. The summed E-state index contributed by atoms with van der Waals surface area (Å²) in [5.74, 6) is -0.468. The van der Waals surface area contributed by atoms with Crippen molar-refractivity contribution in [3.05, 3.63) is 41.1 Å². The first-order chi connectivity index (χ1) is 8.91. The number of nitrogens with zero attached hydrogens (tertiary/aromatic N) is 1. The molecule has 1 aliphatic rings. The molecule has 0 aromatic heterocycles. The van der Waals surface area contributed by atoms with Gasteiger partial charge < -0.3 is 10.0 Å². The standard InChI is InChI=1S/C16H21NO2/c1-10(2)14-8-6-12(4)17(14)15-9-11(3)5-7-13(15)16(18)19/h5,7-10,12H,6H2,1-4H3,(H,18,19). The van der Waals surface area contributed by atoms with E-state index in [0.29, 0.717) is 17.5 Å². The maximum atomic E-state index is 11.4.